The minimum Gasteiger partial charge on any atom is -0.422 e. The average molecular weight is 248 g/mol. The van der Waals surface area contributed by atoms with Crippen molar-refractivity contribution in [3.63, 3.8) is 0 Å². The zero-order valence-corrected chi connectivity index (χ0v) is 9.30. The first kappa shape index (κ1) is 11.8. The third kappa shape index (κ3) is 1.81. The van der Waals surface area contributed by atoms with Crippen LogP contribution in [0.4, 0.5) is 5.69 Å². The number of rotatable bonds is 2. The minimum atomic E-state index is -0.935. The van der Waals surface area contributed by atoms with Crippen LogP contribution in [0.5, 0.6) is 0 Å². The number of nitrogens with two attached hydrogens (primary N) is 1. The van der Waals surface area contributed by atoms with E-state index in [0.29, 0.717) is 5.56 Å². The van der Waals surface area contributed by atoms with Crippen LogP contribution in [0, 0.1) is 17.0 Å². The van der Waals surface area contributed by atoms with Gasteiger partial charge in [-0.1, -0.05) is 0 Å². The summed E-state index contributed by atoms with van der Waals surface area (Å²) >= 11 is 0. The largest absolute Gasteiger partial charge is 0.422 e. The number of aryl methyl sites for hydroxylation is 1. The van der Waals surface area contributed by atoms with Crippen LogP contribution in [0.1, 0.15) is 15.9 Å². The van der Waals surface area contributed by atoms with Gasteiger partial charge in [0.1, 0.15) is 11.1 Å². The number of benzene rings is 1. The Bertz CT molecular complexity index is 732. The predicted molar refractivity (Wildman–Crippen MR) is 62.4 cm³/mol. The van der Waals surface area contributed by atoms with E-state index < -0.39 is 16.5 Å². The van der Waals surface area contributed by atoms with Crippen LogP contribution in [-0.4, -0.2) is 10.8 Å². The number of carbonyl (C=O) groups is 1. The Labute approximate surface area is 100.0 Å². The van der Waals surface area contributed by atoms with Crippen LogP contribution in [0.15, 0.2) is 27.4 Å². The Morgan fingerprint density at radius 1 is 1.39 bits per heavy atom. The molecule has 0 aliphatic heterocycles. The molecule has 2 N–H and O–H groups in total. The number of carbonyl (C=O) groups excluding carboxylic acids is 1. The average Bonchev–Trinajstić information content (AvgIpc) is 2.28. The number of nitrogens with zero attached hydrogens (tertiary/aromatic N) is 1. The van der Waals surface area contributed by atoms with E-state index in [1.165, 1.54) is 18.2 Å². The van der Waals surface area contributed by atoms with Gasteiger partial charge in [-0.15, -0.1) is 0 Å². The molecule has 1 aromatic carbocycles. The summed E-state index contributed by atoms with van der Waals surface area (Å²) in [7, 11) is 0. The predicted octanol–water partition coefficient (Wildman–Crippen LogP) is 1.11. The summed E-state index contributed by atoms with van der Waals surface area (Å²) in [4.78, 5) is 32.6. The monoisotopic (exact) mass is 248 g/mol. The van der Waals surface area contributed by atoms with Crippen molar-refractivity contribution in [3.05, 3.63) is 49.9 Å². The molecule has 0 radical (unpaired) electrons. The molecule has 7 nitrogen and oxygen atoms in total. The van der Waals surface area contributed by atoms with E-state index >= 15 is 0 Å². The van der Waals surface area contributed by atoms with E-state index in [9.17, 15) is 19.7 Å². The van der Waals surface area contributed by atoms with Crippen molar-refractivity contribution in [1.29, 1.82) is 0 Å². The maximum absolute atomic E-state index is 11.4. The summed E-state index contributed by atoms with van der Waals surface area (Å²) in [5.74, 6) is -0.935. The fraction of sp³-hybridized carbons (Fsp3) is 0.0909. The lowest BCUT2D eigenvalue weighted by Gasteiger charge is -2.02. The minimum absolute atomic E-state index is 0.149. The van der Waals surface area contributed by atoms with Crippen LogP contribution in [0.2, 0.25) is 0 Å². The van der Waals surface area contributed by atoms with Crippen LogP contribution >= 0.6 is 0 Å². The second-order valence-corrected chi connectivity index (χ2v) is 3.75. The highest BCUT2D eigenvalue weighted by Crippen LogP contribution is 2.24. The molecule has 0 aliphatic rings. The van der Waals surface area contributed by atoms with Gasteiger partial charge in [0.2, 0.25) is 0 Å². The summed E-state index contributed by atoms with van der Waals surface area (Å²) < 4.78 is 4.94. The van der Waals surface area contributed by atoms with E-state index in [0.717, 1.165) is 0 Å². The van der Waals surface area contributed by atoms with Crippen molar-refractivity contribution in [2.45, 2.75) is 6.92 Å². The molecule has 0 saturated heterocycles. The third-order valence-corrected chi connectivity index (χ3v) is 2.48. The molecule has 0 bridgehead atoms. The van der Waals surface area contributed by atoms with Gasteiger partial charge in [0, 0.05) is 17.5 Å². The van der Waals surface area contributed by atoms with E-state index in [1.54, 1.807) is 6.92 Å². The molecule has 0 aliphatic carbocycles. The van der Waals surface area contributed by atoms with Gasteiger partial charge in [0.25, 0.3) is 11.6 Å². The number of nitro benzene ring substituents is 1. The molecule has 1 amide bonds. The molecule has 1 aromatic heterocycles. The van der Waals surface area contributed by atoms with E-state index in [2.05, 4.69) is 0 Å². The molecule has 2 rings (SSSR count). The zero-order chi connectivity index (χ0) is 13.4. The second-order valence-electron chi connectivity index (χ2n) is 3.75. The molecule has 1 heterocycles. The summed E-state index contributed by atoms with van der Waals surface area (Å²) in [5.41, 5.74) is 4.32. The molecule has 0 fully saturated rings. The molecular weight excluding hydrogens is 240 g/mol. The topological polar surface area (TPSA) is 116 Å². The van der Waals surface area contributed by atoms with Gasteiger partial charge in [0.15, 0.2) is 0 Å². The Balaban J connectivity index is 2.86. The first-order chi connectivity index (χ1) is 8.40. The molecule has 7 heteroatoms. The first-order valence-corrected chi connectivity index (χ1v) is 4.93. The third-order valence-electron chi connectivity index (χ3n) is 2.48. The van der Waals surface area contributed by atoms with Gasteiger partial charge in [-0.25, -0.2) is 4.79 Å². The molecule has 0 unspecified atom stereocenters. The number of amides is 1. The van der Waals surface area contributed by atoms with Crippen molar-refractivity contribution in [1.82, 2.24) is 0 Å². The van der Waals surface area contributed by atoms with Crippen LogP contribution in [-0.2, 0) is 0 Å². The van der Waals surface area contributed by atoms with Gasteiger partial charge in [-0.05, 0) is 18.6 Å². The highest BCUT2D eigenvalue weighted by atomic mass is 16.6. The Kier molecular flexibility index (Phi) is 2.59. The number of hydrogen-bond donors (Lipinski definition) is 1. The lowest BCUT2D eigenvalue weighted by atomic mass is 10.1. The van der Waals surface area contributed by atoms with Crippen molar-refractivity contribution in [2.75, 3.05) is 0 Å². The number of nitro groups is 1. The lowest BCUT2D eigenvalue weighted by molar-refractivity contribution is -0.384. The fourth-order valence-corrected chi connectivity index (χ4v) is 1.67. The van der Waals surface area contributed by atoms with Crippen molar-refractivity contribution in [3.8, 4) is 0 Å². The zero-order valence-electron chi connectivity index (χ0n) is 9.30. The number of primary amides is 1. The van der Waals surface area contributed by atoms with Crippen molar-refractivity contribution >= 4 is 22.6 Å². The van der Waals surface area contributed by atoms with E-state index in [4.69, 9.17) is 10.2 Å². The second kappa shape index (κ2) is 3.95. The normalized spacial score (nSPS) is 10.5. The molecular formula is C11H8N2O5. The molecule has 92 valence electrons. The number of hydrogen-bond acceptors (Lipinski definition) is 5. The van der Waals surface area contributed by atoms with Crippen LogP contribution in [0.25, 0.3) is 11.0 Å². The first-order valence-electron chi connectivity index (χ1n) is 4.93. The highest BCUT2D eigenvalue weighted by Gasteiger charge is 2.15. The van der Waals surface area contributed by atoms with Crippen molar-refractivity contribution in [2.24, 2.45) is 5.73 Å². The lowest BCUT2D eigenvalue weighted by Crippen LogP contribution is -2.20. The Morgan fingerprint density at radius 3 is 2.61 bits per heavy atom. The smallest absolute Gasteiger partial charge is 0.349 e. The standard InChI is InChI=1S/C11H8N2O5/c1-5-2-7(13(16)17)3-6-4-8(10(12)14)11(15)18-9(5)6/h2-4H,1H3,(H2,12,14). The Hall–Kier alpha value is -2.70. The summed E-state index contributed by atoms with van der Waals surface area (Å²) in [6, 6.07) is 3.70. The fourth-order valence-electron chi connectivity index (χ4n) is 1.67. The molecule has 0 atom stereocenters. The SMILES string of the molecule is Cc1cc([N+](=O)[O-])cc2cc(C(N)=O)c(=O)oc12. The van der Waals surface area contributed by atoms with Crippen LogP contribution in [0.3, 0.4) is 0 Å². The highest BCUT2D eigenvalue weighted by molar-refractivity contribution is 5.96. The maximum atomic E-state index is 11.4. The van der Waals surface area contributed by atoms with Gasteiger partial charge < -0.3 is 10.2 Å². The number of fused-ring (bicyclic) bond motifs is 1. The molecule has 18 heavy (non-hydrogen) atoms. The summed E-state index contributed by atoms with van der Waals surface area (Å²) in [6.45, 7) is 1.57. The molecule has 0 spiro atoms. The van der Waals surface area contributed by atoms with Crippen molar-refractivity contribution < 1.29 is 14.1 Å². The molecule has 0 saturated carbocycles. The summed E-state index contributed by atoms with van der Waals surface area (Å²) in [6.07, 6.45) is 0. The van der Waals surface area contributed by atoms with Gasteiger partial charge in [0.05, 0.1) is 4.92 Å². The number of non-ortho nitro benzene ring substituents is 1. The summed E-state index contributed by atoms with van der Waals surface area (Å²) in [5, 5.41) is 11.0. The van der Waals surface area contributed by atoms with E-state index in [1.807, 2.05) is 0 Å². The van der Waals surface area contributed by atoms with Gasteiger partial charge >= 0.3 is 5.63 Å². The van der Waals surface area contributed by atoms with E-state index in [-0.39, 0.29) is 22.2 Å². The maximum Gasteiger partial charge on any atom is 0.349 e. The van der Waals surface area contributed by atoms with Gasteiger partial charge in [-0.3, -0.25) is 14.9 Å². The van der Waals surface area contributed by atoms with Crippen LogP contribution < -0.4 is 11.4 Å². The Morgan fingerprint density at radius 2 is 2.06 bits per heavy atom. The quantitative estimate of drug-likeness (QED) is 0.485. The molecule has 2 aromatic rings. The van der Waals surface area contributed by atoms with Gasteiger partial charge in [-0.2, -0.15) is 0 Å².